The third-order valence-corrected chi connectivity index (χ3v) is 5.86. The Morgan fingerprint density at radius 1 is 0.935 bits per heavy atom. The van der Waals surface area contributed by atoms with Crippen molar-refractivity contribution in [3.05, 3.63) is 72.1 Å². The molecule has 0 atom stereocenters. The molecule has 0 radical (unpaired) electrons. The third kappa shape index (κ3) is 2.86. The average molecular weight is 408 g/mol. The lowest BCUT2D eigenvalue weighted by molar-refractivity contribution is -0.136. The molecule has 6 heteroatoms. The highest BCUT2D eigenvalue weighted by atomic mass is 16.2. The van der Waals surface area contributed by atoms with E-state index in [9.17, 15) is 9.59 Å². The van der Waals surface area contributed by atoms with Crippen LogP contribution >= 0.6 is 0 Å². The molecule has 31 heavy (non-hydrogen) atoms. The summed E-state index contributed by atoms with van der Waals surface area (Å²) in [7, 11) is 1.93. The van der Waals surface area contributed by atoms with Crippen molar-refractivity contribution in [2.24, 2.45) is 7.05 Å². The minimum Gasteiger partial charge on any atom is -0.361 e. The standard InChI is InChI=1S/C25H20N4O2/c1-28-15-19(17-9-3-5-11-21(17)28)23-22(18-14-27-20-10-4-2-8-16(18)20)24(30)29(25(23)31)13-7-6-12-26/h2-5,8-11,14-15,27H,6-7,13H2,1H3. The van der Waals surface area contributed by atoms with Gasteiger partial charge in [0.2, 0.25) is 0 Å². The molecule has 0 unspecified atom stereocenters. The van der Waals surface area contributed by atoms with E-state index in [4.69, 9.17) is 5.26 Å². The smallest absolute Gasteiger partial charge is 0.262 e. The van der Waals surface area contributed by atoms with Gasteiger partial charge in [0.15, 0.2) is 0 Å². The number of rotatable bonds is 5. The molecule has 3 heterocycles. The van der Waals surface area contributed by atoms with Gasteiger partial charge in [0, 0.05) is 65.3 Å². The fourth-order valence-corrected chi connectivity index (χ4v) is 4.41. The number of nitrogens with zero attached hydrogens (tertiary/aromatic N) is 3. The zero-order valence-corrected chi connectivity index (χ0v) is 17.1. The molecule has 0 saturated carbocycles. The summed E-state index contributed by atoms with van der Waals surface area (Å²) in [5.74, 6) is -0.616. The second-order valence-electron chi connectivity index (χ2n) is 7.69. The number of para-hydroxylation sites is 2. The number of hydrogen-bond donors (Lipinski definition) is 1. The molecule has 2 amide bonds. The highest BCUT2D eigenvalue weighted by Crippen LogP contribution is 2.41. The quantitative estimate of drug-likeness (QED) is 0.396. The van der Waals surface area contributed by atoms with E-state index in [1.807, 2.05) is 66.3 Å². The zero-order chi connectivity index (χ0) is 21.5. The summed E-state index contributed by atoms with van der Waals surface area (Å²) in [5, 5.41) is 10.7. The Hall–Kier alpha value is -4.11. The Balaban J connectivity index is 1.76. The molecular weight excluding hydrogens is 388 g/mol. The van der Waals surface area contributed by atoms with Crippen LogP contribution in [0.3, 0.4) is 0 Å². The predicted octanol–water partition coefficient (Wildman–Crippen LogP) is 4.24. The number of carbonyl (C=O) groups is 2. The van der Waals surface area contributed by atoms with Gasteiger partial charge in [-0.1, -0.05) is 36.4 Å². The number of carbonyl (C=O) groups excluding carboxylic acids is 2. The lowest BCUT2D eigenvalue weighted by Gasteiger charge is -2.14. The van der Waals surface area contributed by atoms with Crippen LogP contribution in [0.1, 0.15) is 24.0 Å². The van der Waals surface area contributed by atoms with Crippen molar-refractivity contribution < 1.29 is 9.59 Å². The number of aromatic amines is 1. The first-order valence-corrected chi connectivity index (χ1v) is 10.2. The Kier molecular flexibility index (Phi) is 4.45. The fourth-order valence-electron chi connectivity index (χ4n) is 4.41. The first-order chi connectivity index (χ1) is 15.1. The van der Waals surface area contributed by atoms with Crippen LogP contribution in [0.15, 0.2) is 60.9 Å². The van der Waals surface area contributed by atoms with Gasteiger partial charge < -0.3 is 9.55 Å². The SMILES string of the molecule is Cn1cc(C2=C(c3c[nH]c4ccccc34)C(=O)N(CCCC#N)C2=O)c2ccccc21. The van der Waals surface area contributed by atoms with E-state index in [1.54, 1.807) is 6.20 Å². The fraction of sp³-hybridized carbons (Fsp3) is 0.160. The summed E-state index contributed by atoms with van der Waals surface area (Å²) in [4.78, 5) is 31.6. The van der Waals surface area contributed by atoms with Crippen molar-refractivity contribution in [1.82, 2.24) is 14.5 Å². The van der Waals surface area contributed by atoms with E-state index in [1.165, 1.54) is 4.90 Å². The maximum absolute atomic E-state index is 13.6. The Labute approximate surface area is 179 Å². The maximum Gasteiger partial charge on any atom is 0.262 e. The van der Waals surface area contributed by atoms with Crippen LogP contribution in [0.2, 0.25) is 0 Å². The minimum absolute atomic E-state index is 0.228. The highest BCUT2D eigenvalue weighted by Gasteiger charge is 2.40. The number of fused-ring (bicyclic) bond motifs is 2. The molecule has 0 saturated heterocycles. The van der Waals surface area contributed by atoms with E-state index in [2.05, 4.69) is 11.1 Å². The molecule has 152 valence electrons. The summed E-state index contributed by atoms with van der Waals surface area (Å²) in [6.45, 7) is 0.228. The second kappa shape index (κ2) is 7.29. The number of hydrogen-bond acceptors (Lipinski definition) is 3. The number of aryl methyl sites for hydroxylation is 1. The molecule has 6 nitrogen and oxygen atoms in total. The summed E-state index contributed by atoms with van der Waals surface area (Å²) < 4.78 is 1.97. The van der Waals surface area contributed by atoms with Gasteiger partial charge in [0.25, 0.3) is 11.8 Å². The van der Waals surface area contributed by atoms with Crippen molar-refractivity contribution in [2.75, 3.05) is 6.54 Å². The lowest BCUT2D eigenvalue weighted by Crippen LogP contribution is -2.32. The van der Waals surface area contributed by atoms with Crippen LogP contribution < -0.4 is 0 Å². The molecule has 1 aliphatic rings. The number of benzene rings is 2. The van der Waals surface area contributed by atoms with Gasteiger partial charge in [-0.15, -0.1) is 0 Å². The van der Waals surface area contributed by atoms with E-state index in [-0.39, 0.29) is 18.4 Å². The number of H-pyrrole nitrogens is 1. The van der Waals surface area contributed by atoms with Crippen molar-refractivity contribution in [3.63, 3.8) is 0 Å². The van der Waals surface area contributed by atoms with Crippen molar-refractivity contribution in [3.8, 4) is 6.07 Å². The second-order valence-corrected chi connectivity index (χ2v) is 7.69. The summed E-state index contributed by atoms with van der Waals surface area (Å²) >= 11 is 0. The number of nitriles is 1. The van der Waals surface area contributed by atoms with Gasteiger partial charge in [0.05, 0.1) is 17.2 Å². The minimum atomic E-state index is -0.310. The van der Waals surface area contributed by atoms with Crippen molar-refractivity contribution in [2.45, 2.75) is 12.8 Å². The van der Waals surface area contributed by atoms with E-state index in [0.717, 1.165) is 32.9 Å². The number of nitrogens with one attached hydrogen (secondary N) is 1. The van der Waals surface area contributed by atoms with E-state index in [0.29, 0.717) is 24.0 Å². The van der Waals surface area contributed by atoms with Gasteiger partial charge in [-0.25, -0.2) is 0 Å². The summed E-state index contributed by atoms with van der Waals surface area (Å²) in [6.07, 6.45) is 4.47. The van der Waals surface area contributed by atoms with Gasteiger partial charge in [-0.3, -0.25) is 14.5 Å². The summed E-state index contributed by atoms with van der Waals surface area (Å²) in [6, 6.07) is 17.7. The number of aromatic nitrogens is 2. The molecule has 0 bridgehead atoms. The van der Waals surface area contributed by atoms with E-state index >= 15 is 0 Å². The molecule has 5 rings (SSSR count). The van der Waals surface area contributed by atoms with Crippen molar-refractivity contribution >= 4 is 44.8 Å². The molecule has 0 spiro atoms. The number of imide groups is 1. The van der Waals surface area contributed by atoms with Crippen LogP contribution in [-0.4, -0.2) is 32.8 Å². The Morgan fingerprint density at radius 3 is 2.39 bits per heavy atom. The largest absolute Gasteiger partial charge is 0.361 e. The van der Waals surface area contributed by atoms with Gasteiger partial charge in [-0.2, -0.15) is 5.26 Å². The average Bonchev–Trinajstić information content (AvgIpc) is 3.42. The van der Waals surface area contributed by atoms with Gasteiger partial charge in [0.1, 0.15) is 0 Å². The molecule has 1 aliphatic heterocycles. The van der Waals surface area contributed by atoms with Gasteiger partial charge in [-0.05, 0) is 18.6 Å². The first-order valence-electron chi connectivity index (χ1n) is 10.2. The molecule has 0 fully saturated rings. The van der Waals surface area contributed by atoms with E-state index < -0.39 is 0 Å². The highest BCUT2D eigenvalue weighted by molar-refractivity contribution is 6.50. The van der Waals surface area contributed by atoms with Crippen molar-refractivity contribution in [1.29, 1.82) is 5.26 Å². The topological polar surface area (TPSA) is 81.9 Å². The maximum atomic E-state index is 13.6. The van der Waals surface area contributed by atoms with Crippen LogP contribution in [0, 0.1) is 11.3 Å². The number of unbranched alkanes of at least 4 members (excludes halogenated alkanes) is 1. The normalized spacial score (nSPS) is 14.3. The first kappa shape index (κ1) is 18.9. The van der Waals surface area contributed by atoms with Crippen LogP contribution in [0.25, 0.3) is 33.0 Å². The lowest BCUT2D eigenvalue weighted by atomic mass is 9.95. The molecule has 4 aromatic rings. The molecule has 0 aliphatic carbocycles. The van der Waals surface area contributed by atoms with Crippen LogP contribution in [0.4, 0.5) is 0 Å². The van der Waals surface area contributed by atoms with Gasteiger partial charge >= 0.3 is 0 Å². The predicted molar refractivity (Wildman–Crippen MR) is 120 cm³/mol. The summed E-state index contributed by atoms with van der Waals surface area (Å²) in [5.41, 5.74) is 4.20. The Bertz CT molecular complexity index is 1430. The monoisotopic (exact) mass is 408 g/mol. The van der Waals surface area contributed by atoms with Crippen LogP contribution in [-0.2, 0) is 16.6 Å². The molecular formula is C25H20N4O2. The third-order valence-electron chi connectivity index (χ3n) is 5.86. The van der Waals surface area contributed by atoms with Crippen LogP contribution in [0.5, 0.6) is 0 Å². The molecule has 2 aromatic carbocycles. The Morgan fingerprint density at radius 2 is 1.61 bits per heavy atom. The molecule has 1 N–H and O–H groups in total. The zero-order valence-electron chi connectivity index (χ0n) is 17.1. The number of amides is 2. The molecule has 2 aromatic heterocycles.